The summed E-state index contributed by atoms with van der Waals surface area (Å²) in [5.41, 5.74) is 2.78. The third-order valence-corrected chi connectivity index (χ3v) is 7.87. The SMILES string of the molecule is CCOc1ccc([C@H]2C(C(=O)OC(C)C)=C(C)N=c3s/c(=C/c4ccc(OCc5ccc(F)cc5)c(OC)c4)c(=O)n32)cc1. The van der Waals surface area contributed by atoms with Gasteiger partial charge in [0.1, 0.15) is 18.2 Å². The molecule has 228 valence electrons. The highest BCUT2D eigenvalue weighted by Gasteiger charge is 2.33. The van der Waals surface area contributed by atoms with E-state index >= 15 is 0 Å². The Morgan fingerprint density at radius 3 is 2.43 bits per heavy atom. The Balaban J connectivity index is 1.53. The lowest BCUT2D eigenvalue weighted by Gasteiger charge is -2.25. The third-order valence-electron chi connectivity index (χ3n) is 6.88. The standard InChI is InChI=1S/C34H33FN2O6S/c1-6-41-26-14-10-24(11-15-26)31-30(33(39)43-20(2)3)21(4)36-34-37(31)32(38)29(44-34)18-23-9-16-27(28(17-23)40-5)42-19-22-7-12-25(35)13-8-22/h7-18,20,31H,6,19H2,1-5H3/b29-18+/t31-/m0/s1. The minimum atomic E-state index is -0.730. The minimum Gasteiger partial charge on any atom is -0.494 e. The van der Waals surface area contributed by atoms with Gasteiger partial charge >= 0.3 is 5.97 Å². The largest absolute Gasteiger partial charge is 0.494 e. The normalized spacial score (nSPS) is 14.7. The van der Waals surface area contributed by atoms with E-state index in [2.05, 4.69) is 4.99 Å². The second-order valence-electron chi connectivity index (χ2n) is 10.4. The number of hydrogen-bond acceptors (Lipinski definition) is 8. The van der Waals surface area contributed by atoms with E-state index in [1.807, 2.05) is 37.3 Å². The average molecular weight is 617 g/mol. The molecule has 4 aromatic rings. The molecule has 10 heteroatoms. The lowest BCUT2D eigenvalue weighted by atomic mass is 9.96. The molecular weight excluding hydrogens is 583 g/mol. The zero-order valence-corrected chi connectivity index (χ0v) is 25.9. The number of aromatic nitrogens is 1. The van der Waals surface area contributed by atoms with E-state index in [1.54, 1.807) is 55.7 Å². The number of allylic oxidation sites excluding steroid dienone is 1. The van der Waals surface area contributed by atoms with Gasteiger partial charge < -0.3 is 18.9 Å². The van der Waals surface area contributed by atoms with Gasteiger partial charge in [0, 0.05) is 0 Å². The van der Waals surface area contributed by atoms with Crippen LogP contribution in [0.5, 0.6) is 17.2 Å². The van der Waals surface area contributed by atoms with Crippen molar-refractivity contribution in [3.05, 3.63) is 120 Å². The maximum atomic E-state index is 14.0. The Kier molecular flexibility index (Phi) is 9.29. The maximum Gasteiger partial charge on any atom is 0.338 e. The lowest BCUT2D eigenvalue weighted by molar-refractivity contribution is -0.143. The number of esters is 1. The summed E-state index contributed by atoms with van der Waals surface area (Å²) >= 11 is 1.24. The quantitative estimate of drug-likeness (QED) is 0.225. The van der Waals surface area contributed by atoms with Crippen LogP contribution in [0.1, 0.15) is 50.4 Å². The number of hydrogen-bond donors (Lipinski definition) is 0. The van der Waals surface area contributed by atoms with Crippen LogP contribution in [-0.4, -0.2) is 30.4 Å². The average Bonchev–Trinajstić information content (AvgIpc) is 3.30. The van der Waals surface area contributed by atoms with Gasteiger partial charge in [0.25, 0.3) is 5.56 Å². The number of methoxy groups -OCH3 is 1. The third kappa shape index (κ3) is 6.60. The smallest absolute Gasteiger partial charge is 0.338 e. The van der Waals surface area contributed by atoms with Gasteiger partial charge in [0.15, 0.2) is 16.3 Å². The van der Waals surface area contributed by atoms with Crippen LogP contribution in [0, 0.1) is 5.82 Å². The van der Waals surface area contributed by atoms with Crippen LogP contribution in [0.15, 0.2) is 87.8 Å². The van der Waals surface area contributed by atoms with Crippen molar-refractivity contribution >= 4 is 23.4 Å². The molecule has 0 fully saturated rings. The summed E-state index contributed by atoms with van der Waals surface area (Å²) in [5.74, 6) is 0.851. The summed E-state index contributed by atoms with van der Waals surface area (Å²) in [5, 5.41) is 0. The number of benzene rings is 3. The summed E-state index contributed by atoms with van der Waals surface area (Å²) < 4.78 is 37.9. The van der Waals surface area contributed by atoms with Crippen molar-refractivity contribution in [2.45, 2.75) is 46.4 Å². The molecule has 1 aliphatic rings. The van der Waals surface area contributed by atoms with Gasteiger partial charge in [-0.15, -0.1) is 0 Å². The highest BCUT2D eigenvalue weighted by atomic mass is 32.1. The monoisotopic (exact) mass is 616 g/mol. The number of halogens is 1. The minimum absolute atomic E-state index is 0.237. The van der Waals surface area contributed by atoms with Crippen molar-refractivity contribution in [2.75, 3.05) is 13.7 Å². The first-order valence-corrected chi connectivity index (χ1v) is 15.0. The number of thiazole rings is 1. The Bertz CT molecular complexity index is 1870. The summed E-state index contributed by atoms with van der Waals surface area (Å²) in [6.45, 7) is 7.98. The fourth-order valence-electron chi connectivity index (χ4n) is 4.87. The number of carbonyl (C=O) groups excluding carboxylic acids is 1. The second kappa shape index (κ2) is 13.3. The predicted molar refractivity (Wildman–Crippen MR) is 166 cm³/mol. The van der Waals surface area contributed by atoms with E-state index in [1.165, 1.54) is 30.6 Å². The molecule has 44 heavy (non-hydrogen) atoms. The van der Waals surface area contributed by atoms with Crippen molar-refractivity contribution in [2.24, 2.45) is 4.99 Å². The molecule has 0 unspecified atom stereocenters. The van der Waals surface area contributed by atoms with Crippen molar-refractivity contribution < 1.29 is 28.1 Å². The molecule has 3 aromatic carbocycles. The Hall–Kier alpha value is -4.70. The highest BCUT2D eigenvalue weighted by molar-refractivity contribution is 7.07. The molecule has 0 aliphatic carbocycles. The second-order valence-corrected chi connectivity index (χ2v) is 11.4. The number of carbonyl (C=O) groups is 1. The fourth-order valence-corrected chi connectivity index (χ4v) is 5.92. The van der Waals surface area contributed by atoms with E-state index in [0.717, 1.165) is 11.1 Å². The van der Waals surface area contributed by atoms with E-state index in [4.69, 9.17) is 18.9 Å². The molecule has 1 atom stereocenters. The first-order chi connectivity index (χ1) is 21.2. The molecule has 0 bridgehead atoms. The first-order valence-electron chi connectivity index (χ1n) is 14.2. The van der Waals surface area contributed by atoms with Crippen molar-refractivity contribution in [1.29, 1.82) is 0 Å². The van der Waals surface area contributed by atoms with Crippen LogP contribution >= 0.6 is 11.3 Å². The molecule has 5 rings (SSSR count). The molecule has 0 N–H and O–H groups in total. The number of rotatable bonds is 10. The molecule has 1 aromatic heterocycles. The van der Waals surface area contributed by atoms with Gasteiger partial charge in [-0.05, 0) is 86.9 Å². The van der Waals surface area contributed by atoms with Gasteiger partial charge in [-0.2, -0.15) is 0 Å². The summed E-state index contributed by atoms with van der Waals surface area (Å²) in [4.78, 5) is 32.4. The summed E-state index contributed by atoms with van der Waals surface area (Å²) in [6.07, 6.45) is 1.42. The van der Waals surface area contributed by atoms with E-state index in [-0.39, 0.29) is 24.1 Å². The van der Waals surface area contributed by atoms with Crippen LogP contribution in [0.4, 0.5) is 4.39 Å². The number of nitrogens with zero attached hydrogens (tertiary/aromatic N) is 2. The number of ether oxygens (including phenoxy) is 4. The van der Waals surface area contributed by atoms with Gasteiger partial charge in [-0.25, -0.2) is 14.2 Å². The Morgan fingerprint density at radius 1 is 1.05 bits per heavy atom. The molecule has 2 heterocycles. The summed E-state index contributed by atoms with van der Waals surface area (Å²) in [7, 11) is 1.54. The molecule has 0 amide bonds. The van der Waals surface area contributed by atoms with Crippen molar-refractivity contribution in [1.82, 2.24) is 4.57 Å². The van der Waals surface area contributed by atoms with E-state index in [0.29, 0.717) is 50.0 Å². The lowest BCUT2D eigenvalue weighted by Crippen LogP contribution is -2.40. The number of fused-ring (bicyclic) bond motifs is 1. The van der Waals surface area contributed by atoms with Crippen LogP contribution < -0.4 is 29.1 Å². The molecule has 8 nitrogen and oxygen atoms in total. The van der Waals surface area contributed by atoms with E-state index in [9.17, 15) is 14.0 Å². The first kappa shape index (κ1) is 30.7. The maximum absolute atomic E-state index is 14.0. The van der Waals surface area contributed by atoms with Gasteiger partial charge in [0.2, 0.25) is 0 Å². The predicted octanol–water partition coefficient (Wildman–Crippen LogP) is 5.31. The molecule has 0 radical (unpaired) electrons. The van der Waals surface area contributed by atoms with Crippen LogP contribution in [0.2, 0.25) is 0 Å². The zero-order chi connectivity index (χ0) is 31.4. The summed E-state index contributed by atoms with van der Waals surface area (Å²) in [6, 6.07) is 18.1. The van der Waals surface area contributed by atoms with Gasteiger partial charge in [0.05, 0.1) is 41.7 Å². The van der Waals surface area contributed by atoms with Crippen LogP contribution in [-0.2, 0) is 16.1 Å². The highest BCUT2D eigenvalue weighted by Crippen LogP contribution is 2.32. The van der Waals surface area contributed by atoms with Gasteiger partial charge in [-0.3, -0.25) is 9.36 Å². The van der Waals surface area contributed by atoms with Crippen molar-refractivity contribution in [3.8, 4) is 17.2 Å². The Labute approximate surface area is 258 Å². The molecule has 0 saturated heterocycles. The van der Waals surface area contributed by atoms with Crippen molar-refractivity contribution in [3.63, 3.8) is 0 Å². The van der Waals surface area contributed by atoms with Crippen LogP contribution in [0.3, 0.4) is 0 Å². The zero-order valence-electron chi connectivity index (χ0n) is 25.1. The fraction of sp³-hybridized carbons (Fsp3) is 0.265. The topological polar surface area (TPSA) is 88.4 Å². The molecule has 1 aliphatic heterocycles. The molecule has 0 saturated carbocycles. The van der Waals surface area contributed by atoms with E-state index < -0.39 is 12.0 Å². The van der Waals surface area contributed by atoms with Gasteiger partial charge in [-0.1, -0.05) is 41.7 Å². The molecular formula is C34H33FN2O6S. The molecule has 0 spiro atoms. The Morgan fingerprint density at radius 2 is 1.77 bits per heavy atom. The van der Waals surface area contributed by atoms with Crippen LogP contribution in [0.25, 0.3) is 6.08 Å².